The maximum absolute atomic E-state index is 7.59. The van der Waals surface area contributed by atoms with Crippen molar-refractivity contribution in [3.63, 3.8) is 0 Å². The number of nitrogens with zero attached hydrogens (tertiary/aromatic N) is 2. The van der Waals surface area contributed by atoms with Crippen molar-refractivity contribution < 1.29 is 0 Å². The molecule has 0 unspecified atom stereocenters. The molecule has 0 atom stereocenters. The van der Waals surface area contributed by atoms with E-state index in [0.29, 0.717) is 11.8 Å². The van der Waals surface area contributed by atoms with Gasteiger partial charge in [0.1, 0.15) is 0 Å². The van der Waals surface area contributed by atoms with Crippen molar-refractivity contribution in [3.8, 4) is 0 Å². The minimum Gasteiger partial charge on any atom is -0.387 e. The molecule has 19 heavy (non-hydrogen) atoms. The predicted octanol–water partition coefficient (Wildman–Crippen LogP) is 2.25. The van der Waals surface area contributed by atoms with E-state index in [1.165, 1.54) is 0 Å². The molecule has 0 rings (SSSR count). The average molecular weight is 270 g/mol. The fraction of sp³-hybridized carbons (Fsp3) is 0.933. The van der Waals surface area contributed by atoms with Crippen molar-refractivity contribution in [2.45, 2.75) is 40.5 Å². The molecular formula is C15H34N4. The third-order valence-corrected chi connectivity index (χ3v) is 3.49. The zero-order valence-corrected chi connectivity index (χ0v) is 13.8. The van der Waals surface area contributed by atoms with Gasteiger partial charge < -0.3 is 15.5 Å². The molecule has 0 fully saturated rings. The SMILES string of the molecule is CC(C)CN(CCCC(C)(C)C(=N)N)CCN(C)C. The highest BCUT2D eigenvalue weighted by atomic mass is 15.2. The Labute approximate surface area is 119 Å². The molecule has 0 aliphatic carbocycles. The van der Waals surface area contributed by atoms with E-state index in [4.69, 9.17) is 11.1 Å². The molecule has 0 aromatic heterocycles. The summed E-state index contributed by atoms with van der Waals surface area (Å²) in [7, 11) is 4.23. The number of nitrogens with one attached hydrogen (secondary N) is 1. The molecule has 114 valence electrons. The molecule has 0 aromatic carbocycles. The van der Waals surface area contributed by atoms with E-state index in [-0.39, 0.29) is 5.41 Å². The predicted molar refractivity (Wildman–Crippen MR) is 84.8 cm³/mol. The largest absolute Gasteiger partial charge is 0.387 e. The van der Waals surface area contributed by atoms with Crippen molar-refractivity contribution in [1.29, 1.82) is 5.41 Å². The molecule has 0 heterocycles. The first kappa shape index (κ1) is 18.4. The van der Waals surface area contributed by atoms with E-state index >= 15 is 0 Å². The smallest absolute Gasteiger partial charge is 0.0963 e. The van der Waals surface area contributed by atoms with E-state index in [1.54, 1.807) is 0 Å². The third-order valence-electron chi connectivity index (χ3n) is 3.49. The molecule has 0 radical (unpaired) electrons. The van der Waals surface area contributed by atoms with Crippen LogP contribution >= 0.6 is 0 Å². The van der Waals surface area contributed by atoms with Gasteiger partial charge in [-0.15, -0.1) is 0 Å². The minimum atomic E-state index is -0.162. The van der Waals surface area contributed by atoms with Gasteiger partial charge in [-0.05, 0) is 39.4 Å². The summed E-state index contributed by atoms with van der Waals surface area (Å²) >= 11 is 0. The normalized spacial score (nSPS) is 12.7. The van der Waals surface area contributed by atoms with Crippen LogP contribution in [-0.2, 0) is 0 Å². The first-order valence-corrected chi connectivity index (χ1v) is 7.36. The highest BCUT2D eigenvalue weighted by Crippen LogP contribution is 2.21. The first-order valence-electron chi connectivity index (χ1n) is 7.36. The summed E-state index contributed by atoms with van der Waals surface area (Å²) in [6.45, 7) is 13.1. The van der Waals surface area contributed by atoms with Gasteiger partial charge in [-0.3, -0.25) is 5.41 Å². The van der Waals surface area contributed by atoms with E-state index in [1.807, 2.05) is 0 Å². The molecule has 0 aliphatic heterocycles. The molecule has 0 aromatic rings. The topological polar surface area (TPSA) is 56.4 Å². The molecule has 0 spiro atoms. The van der Waals surface area contributed by atoms with Crippen LogP contribution in [0.2, 0.25) is 0 Å². The van der Waals surface area contributed by atoms with Gasteiger partial charge >= 0.3 is 0 Å². The molecule has 4 heteroatoms. The second-order valence-electron chi connectivity index (χ2n) is 6.90. The maximum Gasteiger partial charge on any atom is 0.0963 e. The first-order chi connectivity index (χ1) is 8.65. The molecule has 4 nitrogen and oxygen atoms in total. The Hall–Kier alpha value is -0.610. The van der Waals surface area contributed by atoms with Crippen LogP contribution in [0.3, 0.4) is 0 Å². The lowest BCUT2D eigenvalue weighted by atomic mass is 9.86. The van der Waals surface area contributed by atoms with Gasteiger partial charge in [-0.1, -0.05) is 27.7 Å². The highest BCUT2D eigenvalue weighted by Gasteiger charge is 2.21. The second-order valence-corrected chi connectivity index (χ2v) is 6.90. The van der Waals surface area contributed by atoms with Gasteiger partial charge in [0.05, 0.1) is 5.84 Å². The Balaban J connectivity index is 4.14. The number of hydrogen-bond donors (Lipinski definition) is 2. The third kappa shape index (κ3) is 9.00. The van der Waals surface area contributed by atoms with Crippen molar-refractivity contribution >= 4 is 5.84 Å². The summed E-state index contributed by atoms with van der Waals surface area (Å²) in [5.74, 6) is 0.999. The standard InChI is InChI=1S/C15H34N4/c1-13(2)12-19(11-10-18(5)6)9-7-8-15(3,4)14(16)17/h13H,7-12H2,1-6H3,(H3,16,17). The van der Waals surface area contributed by atoms with Crippen molar-refractivity contribution in [2.75, 3.05) is 40.3 Å². The van der Waals surface area contributed by atoms with Gasteiger partial charge in [-0.2, -0.15) is 0 Å². The summed E-state index contributed by atoms with van der Waals surface area (Å²) in [6.07, 6.45) is 2.09. The van der Waals surface area contributed by atoms with E-state index < -0.39 is 0 Å². The van der Waals surface area contributed by atoms with Crippen LogP contribution < -0.4 is 5.73 Å². The molecule has 3 N–H and O–H groups in total. The van der Waals surface area contributed by atoms with Gasteiger partial charge in [0.25, 0.3) is 0 Å². The minimum absolute atomic E-state index is 0.162. The lowest BCUT2D eigenvalue weighted by molar-refractivity contribution is 0.210. The van der Waals surface area contributed by atoms with Gasteiger partial charge in [-0.25, -0.2) is 0 Å². The number of likely N-dealkylation sites (N-methyl/N-ethyl adjacent to an activating group) is 1. The van der Waals surface area contributed by atoms with Crippen LogP contribution in [0.4, 0.5) is 0 Å². The number of rotatable bonds is 10. The van der Waals surface area contributed by atoms with Crippen molar-refractivity contribution in [1.82, 2.24) is 9.80 Å². The Morgan fingerprint density at radius 2 is 1.74 bits per heavy atom. The van der Waals surface area contributed by atoms with Gasteiger partial charge in [0.2, 0.25) is 0 Å². The van der Waals surface area contributed by atoms with E-state index in [0.717, 1.165) is 39.0 Å². The molecule has 0 bridgehead atoms. The number of hydrogen-bond acceptors (Lipinski definition) is 3. The van der Waals surface area contributed by atoms with Crippen molar-refractivity contribution in [3.05, 3.63) is 0 Å². The zero-order valence-electron chi connectivity index (χ0n) is 13.8. The fourth-order valence-corrected chi connectivity index (χ4v) is 2.03. The van der Waals surface area contributed by atoms with Crippen LogP contribution in [0.25, 0.3) is 0 Å². The van der Waals surface area contributed by atoms with E-state index in [9.17, 15) is 0 Å². The number of nitrogens with two attached hydrogens (primary N) is 1. The lowest BCUT2D eigenvalue weighted by Crippen LogP contribution is -2.36. The van der Waals surface area contributed by atoms with Crippen LogP contribution in [0.15, 0.2) is 0 Å². The fourth-order valence-electron chi connectivity index (χ4n) is 2.03. The Kier molecular flexibility index (Phi) is 8.26. The molecular weight excluding hydrogens is 236 g/mol. The quantitative estimate of drug-likeness (QED) is 0.473. The summed E-state index contributed by atoms with van der Waals surface area (Å²) in [4.78, 5) is 4.76. The maximum atomic E-state index is 7.59. The van der Waals surface area contributed by atoms with Crippen LogP contribution in [0.5, 0.6) is 0 Å². The Morgan fingerprint density at radius 1 is 1.16 bits per heavy atom. The van der Waals surface area contributed by atoms with Crippen LogP contribution in [0.1, 0.15) is 40.5 Å². The van der Waals surface area contributed by atoms with Gasteiger partial charge in [0, 0.05) is 25.0 Å². The van der Waals surface area contributed by atoms with Crippen LogP contribution in [-0.4, -0.2) is 55.9 Å². The molecule has 0 amide bonds. The van der Waals surface area contributed by atoms with Crippen molar-refractivity contribution in [2.24, 2.45) is 17.1 Å². The monoisotopic (exact) mass is 270 g/mol. The molecule has 0 saturated heterocycles. The molecule has 0 saturated carbocycles. The molecule has 0 aliphatic rings. The summed E-state index contributed by atoms with van der Waals surface area (Å²) in [5.41, 5.74) is 5.47. The van der Waals surface area contributed by atoms with Crippen LogP contribution in [0, 0.1) is 16.7 Å². The Morgan fingerprint density at radius 3 is 2.16 bits per heavy atom. The highest BCUT2D eigenvalue weighted by molar-refractivity contribution is 5.82. The zero-order chi connectivity index (χ0) is 15.1. The van der Waals surface area contributed by atoms with Gasteiger partial charge in [0.15, 0.2) is 0 Å². The summed E-state index contributed by atoms with van der Waals surface area (Å²) < 4.78 is 0. The summed E-state index contributed by atoms with van der Waals surface area (Å²) in [5, 5.41) is 7.59. The Bertz CT molecular complexity index is 259. The average Bonchev–Trinajstić information content (AvgIpc) is 2.24. The summed E-state index contributed by atoms with van der Waals surface area (Å²) in [6, 6.07) is 0. The number of amidine groups is 1. The van der Waals surface area contributed by atoms with E-state index in [2.05, 4.69) is 51.6 Å². The second kappa shape index (κ2) is 8.54. The lowest BCUT2D eigenvalue weighted by Gasteiger charge is -2.28.